The zero-order chi connectivity index (χ0) is 12.0. The average molecular weight is 229 g/mol. The molecule has 0 aliphatic heterocycles. The lowest BCUT2D eigenvalue weighted by molar-refractivity contribution is -0.144. The second-order valence-corrected chi connectivity index (χ2v) is 4.45. The van der Waals surface area contributed by atoms with E-state index in [2.05, 4.69) is 11.7 Å². The summed E-state index contributed by atoms with van der Waals surface area (Å²) in [5.41, 5.74) is 5.63. The number of esters is 1. The minimum atomic E-state index is -0.649. The fourth-order valence-corrected chi connectivity index (χ4v) is 2.31. The van der Waals surface area contributed by atoms with Crippen molar-refractivity contribution in [2.24, 2.45) is 11.7 Å². The van der Waals surface area contributed by atoms with Crippen LogP contribution in [0.1, 0.15) is 39.0 Å². The molecule has 1 fully saturated rings. The van der Waals surface area contributed by atoms with Gasteiger partial charge in [0, 0.05) is 0 Å². The van der Waals surface area contributed by atoms with Gasteiger partial charge in [0.05, 0.1) is 19.8 Å². The summed E-state index contributed by atoms with van der Waals surface area (Å²) in [5, 5.41) is 0. The number of nitrogens with two attached hydrogens (primary N) is 1. The van der Waals surface area contributed by atoms with Crippen molar-refractivity contribution in [3.8, 4) is 0 Å². The molecular weight excluding hydrogens is 206 g/mol. The number of hydrogen-bond donors (Lipinski definition) is 1. The van der Waals surface area contributed by atoms with Crippen LogP contribution in [0.4, 0.5) is 0 Å². The van der Waals surface area contributed by atoms with E-state index in [9.17, 15) is 4.79 Å². The van der Waals surface area contributed by atoms with E-state index in [0.29, 0.717) is 5.92 Å². The number of carbonyl (C=O) groups excluding carboxylic acids is 1. The molecule has 2 N–H and O–H groups in total. The van der Waals surface area contributed by atoms with Crippen LogP contribution < -0.4 is 5.73 Å². The monoisotopic (exact) mass is 229 g/mol. The van der Waals surface area contributed by atoms with Gasteiger partial charge in [-0.3, -0.25) is 4.79 Å². The first-order valence-electron chi connectivity index (χ1n) is 6.14. The summed E-state index contributed by atoms with van der Waals surface area (Å²) in [5.74, 6) is 0.224. The molecule has 3 atom stereocenters. The van der Waals surface area contributed by atoms with Crippen molar-refractivity contribution in [2.75, 3.05) is 13.7 Å². The van der Waals surface area contributed by atoms with Gasteiger partial charge in [-0.1, -0.05) is 26.2 Å². The minimum absolute atomic E-state index is 0.272. The van der Waals surface area contributed by atoms with Gasteiger partial charge in [-0.2, -0.15) is 0 Å². The quantitative estimate of drug-likeness (QED) is 0.725. The predicted molar refractivity (Wildman–Crippen MR) is 62.0 cm³/mol. The van der Waals surface area contributed by atoms with E-state index in [1.807, 2.05) is 0 Å². The molecule has 0 heterocycles. The van der Waals surface area contributed by atoms with Crippen molar-refractivity contribution in [1.82, 2.24) is 0 Å². The highest BCUT2D eigenvalue weighted by Gasteiger charge is 2.25. The Bertz CT molecular complexity index is 220. The third kappa shape index (κ3) is 3.76. The lowest BCUT2D eigenvalue weighted by atomic mass is 9.85. The maximum atomic E-state index is 11.1. The second kappa shape index (κ2) is 6.86. The van der Waals surface area contributed by atoms with Gasteiger partial charge in [-0.05, 0) is 18.8 Å². The van der Waals surface area contributed by atoms with Crippen molar-refractivity contribution < 1.29 is 14.3 Å². The summed E-state index contributed by atoms with van der Waals surface area (Å²) in [6.45, 7) is 2.46. The predicted octanol–water partition coefficient (Wildman–Crippen LogP) is 1.47. The molecule has 4 nitrogen and oxygen atoms in total. The van der Waals surface area contributed by atoms with Crippen molar-refractivity contribution in [2.45, 2.75) is 51.2 Å². The Balaban J connectivity index is 2.32. The molecule has 94 valence electrons. The van der Waals surface area contributed by atoms with Crippen molar-refractivity contribution in [3.05, 3.63) is 0 Å². The van der Waals surface area contributed by atoms with Crippen molar-refractivity contribution in [1.29, 1.82) is 0 Å². The van der Waals surface area contributed by atoms with E-state index in [1.54, 1.807) is 0 Å². The van der Waals surface area contributed by atoms with Crippen LogP contribution in [0.15, 0.2) is 0 Å². The van der Waals surface area contributed by atoms with E-state index >= 15 is 0 Å². The molecule has 4 heteroatoms. The van der Waals surface area contributed by atoms with Gasteiger partial charge in [0.25, 0.3) is 0 Å². The maximum absolute atomic E-state index is 11.1. The number of rotatable bonds is 5. The molecule has 0 spiro atoms. The molecule has 0 aromatic rings. The van der Waals surface area contributed by atoms with Crippen LogP contribution in [0.2, 0.25) is 0 Å². The average Bonchev–Trinajstić information content (AvgIpc) is 2.35. The Hall–Kier alpha value is -0.610. The summed E-state index contributed by atoms with van der Waals surface area (Å²) in [6.07, 6.45) is 6.24. The van der Waals surface area contributed by atoms with E-state index in [4.69, 9.17) is 10.5 Å². The largest absolute Gasteiger partial charge is 0.468 e. The zero-order valence-electron chi connectivity index (χ0n) is 10.3. The summed E-state index contributed by atoms with van der Waals surface area (Å²) in [7, 11) is 1.34. The highest BCUT2D eigenvalue weighted by atomic mass is 16.5. The zero-order valence-corrected chi connectivity index (χ0v) is 10.3. The third-order valence-electron chi connectivity index (χ3n) is 3.36. The number of carbonyl (C=O) groups is 1. The summed E-state index contributed by atoms with van der Waals surface area (Å²) in [6, 6.07) is -0.649. The molecule has 0 aromatic heterocycles. The van der Waals surface area contributed by atoms with Crippen LogP contribution in [-0.4, -0.2) is 31.8 Å². The third-order valence-corrected chi connectivity index (χ3v) is 3.36. The first-order chi connectivity index (χ1) is 7.69. The normalized spacial score (nSPS) is 27.4. The smallest absolute Gasteiger partial charge is 0.325 e. The Morgan fingerprint density at radius 2 is 2.12 bits per heavy atom. The fourth-order valence-electron chi connectivity index (χ4n) is 2.31. The minimum Gasteiger partial charge on any atom is -0.468 e. The van der Waals surface area contributed by atoms with Crippen LogP contribution in [-0.2, 0) is 14.3 Å². The molecule has 3 unspecified atom stereocenters. The highest BCUT2D eigenvalue weighted by molar-refractivity contribution is 5.75. The molecule has 0 saturated heterocycles. The Labute approximate surface area is 97.5 Å². The fraction of sp³-hybridized carbons (Fsp3) is 0.917. The number of ether oxygens (including phenoxy) is 2. The number of hydrogen-bond acceptors (Lipinski definition) is 4. The number of methoxy groups -OCH3 is 1. The molecule has 0 radical (unpaired) electrons. The Morgan fingerprint density at radius 3 is 2.75 bits per heavy atom. The van der Waals surface area contributed by atoms with Crippen LogP contribution in [0.3, 0.4) is 0 Å². The summed E-state index contributed by atoms with van der Waals surface area (Å²) >= 11 is 0. The molecule has 1 aliphatic rings. The Morgan fingerprint density at radius 1 is 1.44 bits per heavy atom. The van der Waals surface area contributed by atoms with Gasteiger partial charge in [-0.25, -0.2) is 0 Å². The van der Waals surface area contributed by atoms with Gasteiger partial charge in [-0.15, -0.1) is 0 Å². The van der Waals surface area contributed by atoms with Crippen LogP contribution in [0.5, 0.6) is 0 Å². The topological polar surface area (TPSA) is 61.5 Å². The summed E-state index contributed by atoms with van der Waals surface area (Å²) in [4.78, 5) is 11.1. The molecule has 0 bridgehead atoms. The molecule has 0 amide bonds. The molecular formula is C12H23NO3. The second-order valence-electron chi connectivity index (χ2n) is 4.45. The van der Waals surface area contributed by atoms with Crippen molar-refractivity contribution in [3.63, 3.8) is 0 Å². The van der Waals surface area contributed by atoms with E-state index < -0.39 is 12.0 Å². The highest BCUT2D eigenvalue weighted by Crippen LogP contribution is 2.29. The van der Waals surface area contributed by atoms with Gasteiger partial charge >= 0.3 is 5.97 Å². The van der Waals surface area contributed by atoms with E-state index in [-0.39, 0.29) is 12.7 Å². The van der Waals surface area contributed by atoms with Gasteiger partial charge in [0.15, 0.2) is 0 Å². The lowest BCUT2D eigenvalue weighted by Gasteiger charge is -2.31. The van der Waals surface area contributed by atoms with Crippen molar-refractivity contribution >= 4 is 5.97 Å². The first-order valence-corrected chi connectivity index (χ1v) is 6.14. The SMILES string of the molecule is CCC1CCCCC1OCC(N)C(=O)OC. The molecule has 0 aromatic carbocycles. The van der Waals surface area contributed by atoms with Crippen LogP contribution >= 0.6 is 0 Å². The summed E-state index contributed by atoms with van der Waals surface area (Å²) < 4.78 is 10.3. The van der Waals surface area contributed by atoms with Gasteiger partial charge < -0.3 is 15.2 Å². The molecule has 1 aliphatic carbocycles. The lowest BCUT2D eigenvalue weighted by Crippen LogP contribution is -2.39. The van der Waals surface area contributed by atoms with E-state index in [1.165, 1.54) is 26.4 Å². The molecule has 16 heavy (non-hydrogen) atoms. The maximum Gasteiger partial charge on any atom is 0.325 e. The van der Waals surface area contributed by atoms with Gasteiger partial charge in [0.1, 0.15) is 6.04 Å². The Kier molecular flexibility index (Phi) is 5.77. The standard InChI is InChI=1S/C12H23NO3/c1-3-9-6-4-5-7-11(9)16-8-10(13)12(14)15-2/h9-11H,3-8,13H2,1-2H3. The first kappa shape index (κ1) is 13.5. The van der Waals surface area contributed by atoms with Crippen LogP contribution in [0.25, 0.3) is 0 Å². The van der Waals surface area contributed by atoms with Crippen LogP contribution in [0, 0.1) is 5.92 Å². The van der Waals surface area contributed by atoms with E-state index in [0.717, 1.165) is 12.8 Å². The molecule has 1 rings (SSSR count). The molecule has 1 saturated carbocycles. The van der Waals surface area contributed by atoms with Gasteiger partial charge in [0.2, 0.25) is 0 Å².